The third kappa shape index (κ3) is 3.56. The summed E-state index contributed by atoms with van der Waals surface area (Å²) in [6, 6.07) is 7.44. The predicted octanol–water partition coefficient (Wildman–Crippen LogP) is 2.75. The molecule has 0 aliphatic rings. The van der Waals surface area contributed by atoms with Crippen molar-refractivity contribution in [2.75, 3.05) is 0 Å². The number of rotatable bonds is 2. The van der Waals surface area contributed by atoms with E-state index in [0.29, 0.717) is 11.5 Å². The molecule has 1 rings (SSSR count). The Labute approximate surface area is 96.7 Å². The van der Waals surface area contributed by atoms with Crippen LogP contribution in [0.15, 0.2) is 24.3 Å². The predicted molar refractivity (Wildman–Crippen MR) is 63.5 cm³/mol. The minimum Gasteiger partial charge on any atom is -0.366 e. The van der Waals surface area contributed by atoms with Crippen molar-refractivity contribution in [2.24, 2.45) is 5.73 Å². The Kier molecular flexibility index (Phi) is 7.51. The highest BCUT2D eigenvalue weighted by atomic mass is 35.5. The maximum atomic E-state index is 10.9. The lowest BCUT2D eigenvalue weighted by molar-refractivity contribution is 0.0999. The first kappa shape index (κ1) is 15.7. The summed E-state index contributed by atoms with van der Waals surface area (Å²) in [6.45, 7) is 4.09. The highest BCUT2D eigenvalue weighted by Crippen LogP contribution is 2.18. The van der Waals surface area contributed by atoms with Crippen molar-refractivity contribution < 1.29 is 4.79 Å². The van der Waals surface area contributed by atoms with E-state index in [2.05, 4.69) is 0 Å². The van der Waals surface area contributed by atoms with Gasteiger partial charge in [0.15, 0.2) is 0 Å². The first-order chi connectivity index (χ1) is 5.63. The van der Waals surface area contributed by atoms with Crippen LogP contribution in [0.1, 0.15) is 35.7 Å². The highest BCUT2D eigenvalue weighted by Gasteiger charge is 2.08. The number of halogens is 2. The number of amides is 1. The number of benzene rings is 1. The Bertz CT molecular complexity index is 300. The second-order valence-electron chi connectivity index (χ2n) is 3.11. The molecule has 1 amide bonds. The van der Waals surface area contributed by atoms with E-state index in [1.165, 1.54) is 0 Å². The van der Waals surface area contributed by atoms with Gasteiger partial charge in [0.25, 0.3) is 0 Å². The Morgan fingerprint density at radius 2 is 1.71 bits per heavy atom. The van der Waals surface area contributed by atoms with E-state index in [1.807, 2.05) is 32.0 Å². The fraction of sp³-hybridized carbons (Fsp3) is 0.300. The third-order valence-corrected chi connectivity index (χ3v) is 1.85. The summed E-state index contributed by atoms with van der Waals surface area (Å²) in [5, 5.41) is 0. The van der Waals surface area contributed by atoms with E-state index < -0.39 is 0 Å². The summed E-state index contributed by atoms with van der Waals surface area (Å²) in [7, 11) is 0. The molecule has 0 saturated heterocycles. The topological polar surface area (TPSA) is 43.1 Å². The summed E-state index contributed by atoms with van der Waals surface area (Å²) < 4.78 is 0. The Morgan fingerprint density at radius 1 is 1.21 bits per heavy atom. The molecule has 1 aromatic rings. The molecule has 0 bridgehead atoms. The van der Waals surface area contributed by atoms with Crippen molar-refractivity contribution in [1.82, 2.24) is 0 Å². The second kappa shape index (κ2) is 6.68. The number of primary amides is 1. The summed E-state index contributed by atoms with van der Waals surface area (Å²) in [5.74, 6) is -0.00648. The van der Waals surface area contributed by atoms with Crippen molar-refractivity contribution in [3.05, 3.63) is 35.4 Å². The Balaban J connectivity index is 0. The summed E-state index contributed by atoms with van der Waals surface area (Å²) in [4.78, 5) is 10.9. The number of nitrogens with two attached hydrogens (primary N) is 1. The molecule has 0 fully saturated rings. The fourth-order valence-electron chi connectivity index (χ4n) is 1.22. The largest absolute Gasteiger partial charge is 0.366 e. The van der Waals surface area contributed by atoms with E-state index in [9.17, 15) is 4.79 Å². The van der Waals surface area contributed by atoms with E-state index in [1.54, 1.807) is 6.07 Å². The molecule has 4 heteroatoms. The average molecular weight is 236 g/mol. The normalized spacial score (nSPS) is 8.79. The second-order valence-corrected chi connectivity index (χ2v) is 3.11. The number of carbonyl (C=O) groups is 1. The van der Waals surface area contributed by atoms with Gasteiger partial charge in [-0.15, -0.1) is 24.8 Å². The van der Waals surface area contributed by atoms with Crippen LogP contribution in [0, 0.1) is 0 Å². The van der Waals surface area contributed by atoms with Gasteiger partial charge >= 0.3 is 0 Å². The monoisotopic (exact) mass is 235 g/mol. The zero-order valence-corrected chi connectivity index (χ0v) is 9.82. The zero-order chi connectivity index (χ0) is 9.14. The van der Waals surface area contributed by atoms with Gasteiger partial charge in [-0.25, -0.2) is 0 Å². The lowest BCUT2D eigenvalue weighted by Gasteiger charge is -2.08. The first-order valence-electron chi connectivity index (χ1n) is 4.01. The molecule has 0 heterocycles. The molecule has 0 spiro atoms. The van der Waals surface area contributed by atoms with Crippen molar-refractivity contribution >= 4 is 30.7 Å². The van der Waals surface area contributed by atoms with Gasteiger partial charge < -0.3 is 5.73 Å². The zero-order valence-electron chi connectivity index (χ0n) is 8.19. The van der Waals surface area contributed by atoms with Crippen LogP contribution in [-0.4, -0.2) is 5.91 Å². The fourth-order valence-corrected chi connectivity index (χ4v) is 1.22. The molecule has 0 aliphatic heterocycles. The Morgan fingerprint density at radius 3 is 2.07 bits per heavy atom. The molecule has 1 aromatic carbocycles. The SMILES string of the molecule is CC(C)c1ccccc1C(N)=O.Cl.Cl. The first-order valence-corrected chi connectivity index (χ1v) is 4.01. The number of carbonyl (C=O) groups excluding carboxylic acids is 1. The highest BCUT2D eigenvalue weighted by molar-refractivity contribution is 5.94. The average Bonchev–Trinajstić information content (AvgIpc) is 2.04. The molecular weight excluding hydrogens is 221 g/mol. The Hall–Kier alpha value is -0.730. The third-order valence-electron chi connectivity index (χ3n) is 1.85. The molecule has 14 heavy (non-hydrogen) atoms. The van der Waals surface area contributed by atoms with E-state index in [-0.39, 0.29) is 30.7 Å². The van der Waals surface area contributed by atoms with Crippen LogP contribution >= 0.6 is 24.8 Å². The van der Waals surface area contributed by atoms with Crippen molar-refractivity contribution in [3.8, 4) is 0 Å². The number of hydrogen-bond donors (Lipinski definition) is 1. The van der Waals surface area contributed by atoms with Crippen LogP contribution in [0.2, 0.25) is 0 Å². The van der Waals surface area contributed by atoms with Crippen LogP contribution in [-0.2, 0) is 0 Å². The van der Waals surface area contributed by atoms with Crippen LogP contribution in [0.5, 0.6) is 0 Å². The molecule has 80 valence electrons. The molecule has 0 aromatic heterocycles. The molecule has 0 radical (unpaired) electrons. The maximum Gasteiger partial charge on any atom is 0.248 e. The molecule has 2 nitrogen and oxygen atoms in total. The van der Waals surface area contributed by atoms with Crippen LogP contribution in [0.3, 0.4) is 0 Å². The van der Waals surface area contributed by atoms with E-state index >= 15 is 0 Å². The van der Waals surface area contributed by atoms with Crippen molar-refractivity contribution in [1.29, 1.82) is 0 Å². The van der Waals surface area contributed by atoms with E-state index in [0.717, 1.165) is 5.56 Å². The summed E-state index contributed by atoms with van der Waals surface area (Å²) in [6.07, 6.45) is 0. The van der Waals surface area contributed by atoms with E-state index in [4.69, 9.17) is 5.73 Å². The van der Waals surface area contributed by atoms with Gasteiger partial charge in [0.2, 0.25) is 5.91 Å². The quantitative estimate of drug-likeness (QED) is 0.842. The molecule has 0 saturated carbocycles. The minimum absolute atomic E-state index is 0. The van der Waals surface area contributed by atoms with Gasteiger partial charge in [-0.2, -0.15) is 0 Å². The molecule has 0 unspecified atom stereocenters. The van der Waals surface area contributed by atoms with Crippen molar-refractivity contribution in [2.45, 2.75) is 19.8 Å². The van der Waals surface area contributed by atoms with Gasteiger partial charge in [0.1, 0.15) is 0 Å². The summed E-state index contributed by atoms with van der Waals surface area (Å²) in [5.41, 5.74) is 6.86. The standard InChI is InChI=1S/C10H13NO.2ClH/c1-7(2)8-5-3-4-6-9(8)10(11)12;;/h3-7H,1-2H3,(H2,11,12);2*1H. The molecule has 2 N–H and O–H groups in total. The maximum absolute atomic E-state index is 10.9. The van der Waals surface area contributed by atoms with Gasteiger partial charge in [-0.3, -0.25) is 4.79 Å². The smallest absolute Gasteiger partial charge is 0.248 e. The van der Waals surface area contributed by atoms with Crippen molar-refractivity contribution in [3.63, 3.8) is 0 Å². The van der Waals surface area contributed by atoms with Gasteiger partial charge in [-0.1, -0.05) is 32.0 Å². The van der Waals surface area contributed by atoms with Gasteiger partial charge in [-0.05, 0) is 17.5 Å². The number of hydrogen-bond acceptors (Lipinski definition) is 1. The molecular formula is C10H15Cl2NO. The molecule has 0 atom stereocenters. The van der Waals surface area contributed by atoms with Crippen LogP contribution < -0.4 is 5.73 Å². The van der Waals surface area contributed by atoms with Gasteiger partial charge in [0, 0.05) is 5.56 Å². The van der Waals surface area contributed by atoms with Crippen LogP contribution in [0.4, 0.5) is 0 Å². The lowest BCUT2D eigenvalue weighted by Crippen LogP contribution is -2.14. The van der Waals surface area contributed by atoms with Gasteiger partial charge in [0.05, 0.1) is 0 Å². The summed E-state index contributed by atoms with van der Waals surface area (Å²) >= 11 is 0. The van der Waals surface area contributed by atoms with Crippen LogP contribution in [0.25, 0.3) is 0 Å². The lowest BCUT2D eigenvalue weighted by atomic mass is 9.97. The molecule has 0 aliphatic carbocycles. The minimum atomic E-state index is -0.348.